The van der Waals surface area contributed by atoms with Crippen molar-refractivity contribution in [3.63, 3.8) is 0 Å². The number of carbonyl (C=O) groups is 3. The summed E-state index contributed by atoms with van der Waals surface area (Å²) >= 11 is 0. The van der Waals surface area contributed by atoms with Gasteiger partial charge in [-0.2, -0.15) is 0 Å². The van der Waals surface area contributed by atoms with Crippen LogP contribution in [0.2, 0.25) is 0 Å². The molecule has 6 nitrogen and oxygen atoms in total. The predicted octanol–water partition coefficient (Wildman–Crippen LogP) is 3.68. The Hall–Kier alpha value is -3.22. The molecule has 2 aromatic rings. The third-order valence-electron chi connectivity index (χ3n) is 6.72. The second kappa shape index (κ2) is 9.95. The molecule has 2 aliphatic heterocycles. The second-order valence-electron chi connectivity index (χ2n) is 9.64. The van der Waals surface area contributed by atoms with Gasteiger partial charge in [0.25, 0.3) is 0 Å². The van der Waals surface area contributed by atoms with E-state index in [1.807, 2.05) is 43.0 Å². The monoisotopic (exact) mass is 465 g/mol. The van der Waals surface area contributed by atoms with Gasteiger partial charge in [-0.15, -0.1) is 0 Å². The summed E-state index contributed by atoms with van der Waals surface area (Å²) in [5.74, 6) is -0.422. The first kappa shape index (κ1) is 23.9. The van der Waals surface area contributed by atoms with Crippen LogP contribution >= 0.6 is 0 Å². The number of halogens is 1. The van der Waals surface area contributed by atoms with Gasteiger partial charge in [-0.25, -0.2) is 4.39 Å². The maximum Gasteiger partial charge on any atom is 0.245 e. The maximum absolute atomic E-state index is 14.6. The molecule has 2 amide bonds. The number of rotatable bonds is 5. The summed E-state index contributed by atoms with van der Waals surface area (Å²) in [5.41, 5.74) is 3.00. The number of piperazine rings is 1. The van der Waals surface area contributed by atoms with E-state index in [0.29, 0.717) is 56.8 Å². The molecule has 1 saturated heterocycles. The largest absolute Gasteiger partial charge is 0.366 e. The van der Waals surface area contributed by atoms with Crippen molar-refractivity contribution in [2.45, 2.75) is 46.2 Å². The number of anilines is 1. The Bertz CT molecular complexity index is 1090. The number of benzene rings is 2. The molecule has 2 aromatic carbocycles. The molecule has 0 aliphatic carbocycles. The molecule has 7 heteroatoms. The quantitative estimate of drug-likeness (QED) is 0.632. The van der Waals surface area contributed by atoms with E-state index in [2.05, 4.69) is 0 Å². The van der Waals surface area contributed by atoms with Crippen LogP contribution in [0.25, 0.3) is 0 Å². The van der Waals surface area contributed by atoms with Gasteiger partial charge in [0, 0.05) is 51.1 Å². The average Bonchev–Trinajstić information content (AvgIpc) is 2.82. The number of carbonyl (C=O) groups excluding carboxylic acids is 3. The van der Waals surface area contributed by atoms with E-state index in [1.54, 1.807) is 21.9 Å². The zero-order valence-corrected chi connectivity index (χ0v) is 20.1. The maximum atomic E-state index is 14.6. The van der Waals surface area contributed by atoms with E-state index in [-0.39, 0.29) is 23.5 Å². The van der Waals surface area contributed by atoms with Crippen molar-refractivity contribution in [1.29, 1.82) is 0 Å². The van der Waals surface area contributed by atoms with Crippen molar-refractivity contribution in [3.05, 3.63) is 65.0 Å². The molecule has 1 atom stereocenters. The van der Waals surface area contributed by atoms with Gasteiger partial charge in [-0.1, -0.05) is 38.1 Å². The fraction of sp³-hybridized carbons (Fsp3) is 0.444. The van der Waals surface area contributed by atoms with E-state index in [9.17, 15) is 18.8 Å². The van der Waals surface area contributed by atoms with E-state index in [4.69, 9.17) is 0 Å². The Morgan fingerprint density at radius 2 is 1.68 bits per heavy atom. The van der Waals surface area contributed by atoms with Crippen molar-refractivity contribution in [2.75, 3.05) is 31.1 Å². The molecule has 0 bridgehead atoms. The van der Waals surface area contributed by atoms with E-state index >= 15 is 0 Å². The van der Waals surface area contributed by atoms with Crippen LogP contribution in [0, 0.1) is 11.7 Å². The van der Waals surface area contributed by atoms with Crippen molar-refractivity contribution < 1.29 is 18.8 Å². The highest BCUT2D eigenvalue weighted by atomic mass is 19.1. The number of nitrogens with zero attached hydrogens (tertiary/aromatic N) is 3. The van der Waals surface area contributed by atoms with Gasteiger partial charge in [-0.3, -0.25) is 14.4 Å². The van der Waals surface area contributed by atoms with Gasteiger partial charge in [0.1, 0.15) is 11.9 Å². The zero-order chi connectivity index (χ0) is 24.4. The van der Waals surface area contributed by atoms with Crippen LogP contribution in [-0.2, 0) is 22.6 Å². The highest BCUT2D eigenvalue weighted by molar-refractivity contribution is 5.94. The highest BCUT2D eigenvalue weighted by Gasteiger charge is 2.37. The van der Waals surface area contributed by atoms with Crippen LogP contribution in [0.1, 0.15) is 48.7 Å². The molecule has 0 saturated carbocycles. The Morgan fingerprint density at radius 1 is 1.00 bits per heavy atom. The number of hydrogen-bond donors (Lipinski definition) is 0. The summed E-state index contributed by atoms with van der Waals surface area (Å²) in [6.07, 6.45) is 0.926. The average molecular weight is 466 g/mol. The van der Waals surface area contributed by atoms with Gasteiger partial charge in [0.05, 0.1) is 5.69 Å². The number of ketones is 1. The molecule has 0 spiro atoms. The van der Waals surface area contributed by atoms with E-state index in [1.165, 1.54) is 13.0 Å². The predicted molar refractivity (Wildman–Crippen MR) is 129 cm³/mol. The van der Waals surface area contributed by atoms with E-state index in [0.717, 1.165) is 11.1 Å². The molecule has 1 fully saturated rings. The summed E-state index contributed by atoms with van der Waals surface area (Å²) in [6, 6.07) is 12.0. The Kier molecular flexibility index (Phi) is 7.00. The molecule has 0 N–H and O–H groups in total. The summed E-state index contributed by atoms with van der Waals surface area (Å²) < 4.78 is 14.6. The van der Waals surface area contributed by atoms with Gasteiger partial charge in [0.15, 0.2) is 5.78 Å². The molecule has 2 heterocycles. The molecule has 180 valence electrons. The van der Waals surface area contributed by atoms with Crippen molar-refractivity contribution >= 4 is 23.3 Å². The zero-order valence-electron chi connectivity index (χ0n) is 20.1. The lowest BCUT2D eigenvalue weighted by molar-refractivity contribution is -0.147. The molecular formula is C27H32FN3O3. The first-order valence-electron chi connectivity index (χ1n) is 11.9. The summed E-state index contributed by atoms with van der Waals surface area (Å²) in [5, 5.41) is 0. The summed E-state index contributed by atoms with van der Waals surface area (Å²) in [4.78, 5) is 43.6. The van der Waals surface area contributed by atoms with Crippen LogP contribution in [0.15, 0.2) is 42.5 Å². The van der Waals surface area contributed by atoms with Crippen LogP contribution in [0.5, 0.6) is 0 Å². The third-order valence-corrected chi connectivity index (χ3v) is 6.72. The number of fused-ring (bicyclic) bond motifs is 1. The molecule has 4 rings (SSSR count). The smallest absolute Gasteiger partial charge is 0.245 e. The molecule has 34 heavy (non-hydrogen) atoms. The Morgan fingerprint density at radius 3 is 2.29 bits per heavy atom. The molecule has 0 radical (unpaired) electrons. The highest BCUT2D eigenvalue weighted by Crippen LogP contribution is 2.27. The van der Waals surface area contributed by atoms with Crippen molar-refractivity contribution in [3.8, 4) is 0 Å². The fourth-order valence-corrected chi connectivity index (χ4v) is 4.83. The van der Waals surface area contributed by atoms with E-state index < -0.39 is 11.9 Å². The minimum atomic E-state index is -0.515. The fourth-order valence-electron chi connectivity index (χ4n) is 4.83. The van der Waals surface area contributed by atoms with Gasteiger partial charge >= 0.3 is 0 Å². The van der Waals surface area contributed by atoms with Crippen LogP contribution < -0.4 is 4.90 Å². The first-order chi connectivity index (χ1) is 16.2. The molecule has 2 aliphatic rings. The van der Waals surface area contributed by atoms with Crippen molar-refractivity contribution in [1.82, 2.24) is 9.80 Å². The van der Waals surface area contributed by atoms with Gasteiger partial charge in [0.2, 0.25) is 11.8 Å². The third kappa shape index (κ3) is 4.98. The van der Waals surface area contributed by atoms with Crippen LogP contribution in [0.3, 0.4) is 0 Å². The molecule has 0 aromatic heterocycles. The van der Waals surface area contributed by atoms with Gasteiger partial charge in [-0.05, 0) is 42.2 Å². The topological polar surface area (TPSA) is 60.9 Å². The lowest BCUT2D eigenvalue weighted by atomic mass is 9.92. The Labute approximate surface area is 200 Å². The summed E-state index contributed by atoms with van der Waals surface area (Å²) in [6.45, 7) is 7.77. The molecule has 1 unspecified atom stereocenters. The Balaban J connectivity index is 1.47. The van der Waals surface area contributed by atoms with Gasteiger partial charge < -0.3 is 14.7 Å². The molecular weight excluding hydrogens is 433 g/mol. The minimum Gasteiger partial charge on any atom is -0.366 e. The standard InChI is InChI=1S/C27H32FN3O3/c1-18(2)14-26(33)31-17-22-7-5-4-6-21(22)16-25(31)27(34)30-12-10-29(11-13-30)24-9-8-20(19(3)32)15-23(24)28/h4-9,15,18,25H,10-14,16-17H2,1-3H3. The van der Waals surface area contributed by atoms with Crippen LogP contribution in [0.4, 0.5) is 10.1 Å². The number of hydrogen-bond acceptors (Lipinski definition) is 4. The first-order valence-corrected chi connectivity index (χ1v) is 11.9. The number of amides is 2. The minimum absolute atomic E-state index is 0.00845. The SMILES string of the molecule is CC(=O)c1ccc(N2CCN(C(=O)C3Cc4ccccc4CN3C(=O)CC(C)C)CC2)c(F)c1. The van der Waals surface area contributed by atoms with Crippen molar-refractivity contribution in [2.24, 2.45) is 5.92 Å². The lowest BCUT2D eigenvalue weighted by Gasteiger charge is -2.42. The van der Waals surface area contributed by atoms with Crippen LogP contribution in [-0.4, -0.2) is 59.6 Å². The normalized spacial score (nSPS) is 18.1. The second-order valence-corrected chi connectivity index (χ2v) is 9.64. The number of Topliss-reactive ketones (excluding diaryl/α,β-unsaturated/α-hetero) is 1. The summed E-state index contributed by atoms with van der Waals surface area (Å²) in [7, 11) is 0. The lowest BCUT2D eigenvalue weighted by Crippen LogP contribution is -2.57.